The number of nitrogens with zero attached hydrogens (tertiary/aromatic N) is 1. The van der Waals surface area contributed by atoms with Crippen LogP contribution in [0.2, 0.25) is 0 Å². The van der Waals surface area contributed by atoms with E-state index in [1.165, 1.54) is 25.9 Å². The monoisotopic (exact) mass is 314 g/mol. The van der Waals surface area contributed by atoms with Crippen LogP contribution in [0.5, 0.6) is 0 Å². The number of benzene rings is 1. The minimum Gasteiger partial charge on any atom is -0.382 e. The number of likely N-dealkylation sites (tertiary alicyclic amines) is 1. The van der Waals surface area contributed by atoms with Gasteiger partial charge < -0.3 is 10.2 Å². The second-order valence-electron chi connectivity index (χ2n) is 5.61. The van der Waals surface area contributed by atoms with Crippen molar-refractivity contribution >= 4 is 17.4 Å². The Hall–Kier alpha value is -0.810. The van der Waals surface area contributed by atoms with Gasteiger partial charge in [0, 0.05) is 16.6 Å². The summed E-state index contributed by atoms with van der Waals surface area (Å²) >= 11 is 0.590. The predicted octanol–water partition coefficient (Wildman–Crippen LogP) is 4.53. The molecule has 0 saturated carbocycles. The second-order valence-corrected chi connectivity index (χ2v) is 6.67. The van der Waals surface area contributed by atoms with Crippen LogP contribution in [0.1, 0.15) is 26.7 Å². The van der Waals surface area contributed by atoms with Gasteiger partial charge in [-0.05, 0) is 69.6 Å². The fourth-order valence-electron chi connectivity index (χ4n) is 2.88. The van der Waals surface area contributed by atoms with E-state index < -0.39 is 5.76 Å². The molecule has 1 aromatic rings. The van der Waals surface area contributed by atoms with E-state index in [0.29, 0.717) is 28.6 Å². The van der Waals surface area contributed by atoms with Crippen molar-refractivity contribution < 1.29 is 8.78 Å². The molecule has 0 spiro atoms. The van der Waals surface area contributed by atoms with Gasteiger partial charge in [0.25, 0.3) is 5.76 Å². The molecule has 5 heteroatoms. The minimum atomic E-state index is -2.36. The van der Waals surface area contributed by atoms with Crippen LogP contribution in [0.4, 0.5) is 14.5 Å². The molecule has 1 N–H and O–H groups in total. The van der Waals surface area contributed by atoms with Crippen molar-refractivity contribution in [3.8, 4) is 0 Å². The molecule has 0 aliphatic carbocycles. The van der Waals surface area contributed by atoms with E-state index in [1.807, 2.05) is 12.1 Å². The summed E-state index contributed by atoms with van der Waals surface area (Å²) in [6, 6.07) is 7.71. The van der Waals surface area contributed by atoms with Gasteiger partial charge in [0.05, 0.1) is 0 Å². The Labute approximate surface area is 130 Å². The average molecular weight is 314 g/mol. The van der Waals surface area contributed by atoms with E-state index in [-0.39, 0.29) is 0 Å². The summed E-state index contributed by atoms with van der Waals surface area (Å²) in [5.74, 6) is -1.67. The van der Waals surface area contributed by atoms with Gasteiger partial charge in [-0.2, -0.15) is 8.78 Å². The summed E-state index contributed by atoms with van der Waals surface area (Å²) in [5.41, 5.74) is 1.01. The summed E-state index contributed by atoms with van der Waals surface area (Å²) in [6.07, 6.45) is 2.45. The molecule has 2 nitrogen and oxygen atoms in total. The van der Waals surface area contributed by atoms with Gasteiger partial charge in [0.2, 0.25) is 0 Å². The lowest BCUT2D eigenvalue weighted by atomic mass is 9.90. The van der Waals surface area contributed by atoms with E-state index in [2.05, 4.69) is 24.1 Å². The third-order valence-corrected chi connectivity index (χ3v) is 4.98. The van der Waals surface area contributed by atoms with Crippen molar-refractivity contribution in [2.75, 3.05) is 25.0 Å². The largest absolute Gasteiger partial charge is 0.382 e. The molecular formula is C16H24F2N2S. The van der Waals surface area contributed by atoms with Gasteiger partial charge in [-0.3, -0.25) is 0 Å². The zero-order valence-electron chi connectivity index (χ0n) is 12.7. The van der Waals surface area contributed by atoms with Crippen LogP contribution in [0, 0.1) is 5.92 Å². The van der Waals surface area contributed by atoms with Crippen molar-refractivity contribution in [1.29, 1.82) is 0 Å². The third kappa shape index (κ3) is 5.15. The summed E-state index contributed by atoms with van der Waals surface area (Å²) < 4.78 is 24.6. The fourth-order valence-corrected chi connectivity index (χ4v) is 3.38. The first-order valence-electron chi connectivity index (χ1n) is 7.62. The minimum absolute atomic E-state index is 0.414. The van der Waals surface area contributed by atoms with Crippen molar-refractivity contribution in [1.82, 2.24) is 4.90 Å². The highest BCUT2D eigenvalue weighted by atomic mass is 32.2. The lowest BCUT2D eigenvalue weighted by Gasteiger charge is -2.34. The van der Waals surface area contributed by atoms with Crippen LogP contribution in [0.3, 0.4) is 0 Å². The third-order valence-electron chi connectivity index (χ3n) is 4.26. The molecule has 1 aliphatic rings. The maximum absolute atomic E-state index is 12.3. The molecule has 118 valence electrons. The first kappa shape index (κ1) is 16.6. The van der Waals surface area contributed by atoms with Crippen LogP contribution < -0.4 is 5.32 Å². The van der Waals surface area contributed by atoms with Gasteiger partial charge in [-0.15, -0.1) is 0 Å². The second kappa shape index (κ2) is 7.99. The topological polar surface area (TPSA) is 15.3 Å². The summed E-state index contributed by atoms with van der Waals surface area (Å²) in [7, 11) is 0. The number of rotatable bonds is 6. The van der Waals surface area contributed by atoms with Crippen molar-refractivity contribution in [2.45, 2.75) is 43.4 Å². The predicted molar refractivity (Wildman–Crippen MR) is 86.2 cm³/mol. The highest BCUT2D eigenvalue weighted by Gasteiger charge is 2.22. The molecule has 1 saturated heterocycles. The lowest BCUT2D eigenvalue weighted by molar-refractivity contribution is 0.183. The normalized spacial score (nSPS) is 18.9. The van der Waals surface area contributed by atoms with Crippen LogP contribution in [0.25, 0.3) is 0 Å². The molecule has 0 bridgehead atoms. The Kier molecular flexibility index (Phi) is 6.30. The van der Waals surface area contributed by atoms with E-state index >= 15 is 0 Å². The van der Waals surface area contributed by atoms with E-state index in [1.54, 1.807) is 12.1 Å². The number of anilines is 1. The SMILES string of the molecule is CCN1CCC(C(C)Nc2ccc(SC(F)F)cc2)CC1. The van der Waals surface area contributed by atoms with Gasteiger partial charge in [-0.1, -0.05) is 18.7 Å². The molecule has 0 radical (unpaired) electrons. The number of nitrogens with one attached hydrogen (secondary N) is 1. The fraction of sp³-hybridized carbons (Fsp3) is 0.625. The van der Waals surface area contributed by atoms with Gasteiger partial charge in [-0.25, -0.2) is 0 Å². The first-order valence-corrected chi connectivity index (χ1v) is 8.50. The van der Waals surface area contributed by atoms with Crippen LogP contribution in [-0.4, -0.2) is 36.3 Å². The molecule has 2 rings (SSSR count). The maximum Gasteiger partial charge on any atom is 0.288 e. The first-order chi connectivity index (χ1) is 10.1. The van der Waals surface area contributed by atoms with Gasteiger partial charge in [0.15, 0.2) is 0 Å². The molecular weight excluding hydrogens is 290 g/mol. The molecule has 1 atom stereocenters. The highest BCUT2D eigenvalue weighted by Crippen LogP contribution is 2.27. The molecule has 0 aromatic heterocycles. The summed E-state index contributed by atoms with van der Waals surface area (Å²) in [6.45, 7) is 7.92. The molecule has 0 amide bonds. The molecule has 1 unspecified atom stereocenters. The number of piperidine rings is 1. The lowest BCUT2D eigenvalue weighted by Crippen LogP contribution is -2.39. The average Bonchev–Trinajstić information content (AvgIpc) is 2.49. The van der Waals surface area contributed by atoms with Crippen LogP contribution in [0.15, 0.2) is 29.2 Å². The highest BCUT2D eigenvalue weighted by molar-refractivity contribution is 7.99. The molecule has 1 fully saturated rings. The Bertz CT molecular complexity index is 417. The van der Waals surface area contributed by atoms with E-state index in [0.717, 1.165) is 12.2 Å². The van der Waals surface area contributed by atoms with Crippen LogP contribution in [-0.2, 0) is 0 Å². The quantitative estimate of drug-likeness (QED) is 0.776. The molecule has 1 aromatic carbocycles. The Balaban J connectivity index is 1.83. The number of hydrogen-bond donors (Lipinski definition) is 1. The Morgan fingerprint density at radius 1 is 1.24 bits per heavy atom. The van der Waals surface area contributed by atoms with Crippen molar-refractivity contribution in [3.05, 3.63) is 24.3 Å². The van der Waals surface area contributed by atoms with Gasteiger partial charge in [0.1, 0.15) is 0 Å². The Morgan fingerprint density at radius 3 is 2.38 bits per heavy atom. The number of alkyl halides is 2. The number of hydrogen-bond acceptors (Lipinski definition) is 3. The molecule has 1 aliphatic heterocycles. The molecule has 1 heterocycles. The summed E-state index contributed by atoms with van der Waals surface area (Å²) in [4.78, 5) is 3.10. The summed E-state index contributed by atoms with van der Waals surface area (Å²) in [5, 5.41) is 3.51. The number of thioether (sulfide) groups is 1. The van der Waals surface area contributed by atoms with E-state index in [9.17, 15) is 8.78 Å². The van der Waals surface area contributed by atoms with Crippen molar-refractivity contribution in [2.24, 2.45) is 5.92 Å². The zero-order valence-corrected chi connectivity index (χ0v) is 13.5. The van der Waals surface area contributed by atoms with Crippen LogP contribution >= 0.6 is 11.8 Å². The number of halogens is 2. The molecule has 21 heavy (non-hydrogen) atoms. The maximum atomic E-state index is 12.3. The Morgan fingerprint density at radius 2 is 1.86 bits per heavy atom. The van der Waals surface area contributed by atoms with Gasteiger partial charge >= 0.3 is 0 Å². The zero-order chi connectivity index (χ0) is 15.2. The van der Waals surface area contributed by atoms with Crippen molar-refractivity contribution in [3.63, 3.8) is 0 Å². The smallest absolute Gasteiger partial charge is 0.288 e. The standard InChI is InChI=1S/C16H24F2N2S/c1-3-20-10-8-13(9-11-20)12(2)19-14-4-6-15(7-5-14)21-16(17)18/h4-7,12-13,16,19H,3,8-11H2,1-2H3. The van der Waals surface area contributed by atoms with E-state index in [4.69, 9.17) is 0 Å².